The second kappa shape index (κ2) is 4.04. The van der Waals surface area contributed by atoms with Crippen molar-refractivity contribution in [1.82, 2.24) is 9.97 Å². The zero-order valence-electron chi connectivity index (χ0n) is 9.38. The second-order valence-electron chi connectivity index (χ2n) is 4.15. The first-order valence-corrected chi connectivity index (χ1v) is 5.56. The third kappa shape index (κ3) is 2.03. The van der Waals surface area contributed by atoms with Gasteiger partial charge >= 0.3 is 0 Å². The number of nitrogens with zero attached hydrogens (tertiary/aromatic N) is 2. The fourth-order valence-electron chi connectivity index (χ4n) is 2.00. The van der Waals surface area contributed by atoms with E-state index in [2.05, 4.69) is 27.5 Å². The summed E-state index contributed by atoms with van der Waals surface area (Å²) in [6.07, 6.45) is 6.58. The molecule has 82 valence electrons. The van der Waals surface area contributed by atoms with Crippen LogP contribution in [0, 0.1) is 0 Å². The Morgan fingerprint density at radius 3 is 2.60 bits per heavy atom. The van der Waals surface area contributed by atoms with Crippen molar-refractivity contribution in [3.05, 3.63) is 12.4 Å². The zero-order chi connectivity index (χ0) is 10.7. The van der Waals surface area contributed by atoms with Gasteiger partial charge in [0, 0.05) is 18.7 Å². The van der Waals surface area contributed by atoms with Crippen LogP contribution in [0.2, 0.25) is 0 Å². The molecule has 1 fully saturated rings. The van der Waals surface area contributed by atoms with Gasteiger partial charge in [-0.2, -0.15) is 0 Å². The van der Waals surface area contributed by atoms with Crippen LogP contribution < -0.4 is 10.6 Å². The second-order valence-corrected chi connectivity index (χ2v) is 4.15. The van der Waals surface area contributed by atoms with Crippen LogP contribution >= 0.6 is 0 Å². The van der Waals surface area contributed by atoms with E-state index < -0.39 is 0 Å². The molecule has 0 unspecified atom stereocenters. The molecule has 0 aromatic carbocycles. The van der Waals surface area contributed by atoms with Gasteiger partial charge in [-0.05, 0) is 25.7 Å². The van der Waals surface area contributed by atoms with Gasteiger partial charge in [-0.3, -0.25) is 0 Å². The molecule has 4 heteroatoms. The highest BCUT2D eigenvalue weighted by Gasteiger charge is 2.35. The van der Waals surface area contributed by atoms with Crippen molar-refractivity contribution in [3.8, 4) is 0 Å². The summed E-state index contributed by atoms with van der Waals surface area (Å²) < 4.78 is 0. The molecule has 1 aliphatic rings. The van der Waals surface area contributed by atoms with E-state index in [1.54, 1.807) is 6.33 Å². The van der Waals surface area contributed by atoms with Crippen LogP contribution in [0.25, 0.3) is 0 Å². The van der Waals surface area contributed by atoms with E-state index in [4.69, 9.17) is 0 Å². The Kier molecular flexibility index (Phi) is 2.75. The fourth-order valence-corrected chi connectivity index (χ4v) is 2.00. The summed E-state index contributed by atoms with van der Waals surface area (Å²) in [4.78, 5) is 8.34. The Hall–Kier alpha value is -1.32. The van der Waals surface area contributed by atoms with Gasteiger partial charge in [0.2, 0.25) is 0 Å². The van der Waals surface area contributed by atoms with Gasteiger partial charge in [-0.15, -0.1) is 0 Å². The molecular formula is C11H18N4. The molecule has 2 N–H and O–H groups in total. The van der Waals surface area contributed by atoms with Crippen LogP contribution in [0.15, 0.2) is 12.4 Å². The maximum atomic E-state index is 4.24. The average Bonchev–Trinajstić information content (AvgIpc) is 2.24. The lowest BCUT2D eigenvalue weighted by molar-refractivity contribution is 0.269. The third-order valence-electron chi connectivity index (χ3n) is 3.30. The molecule has 0 atom stereocenters. The van der Waals surface area contributed by atoms with Crippen molar-refractivity contribution in [2.24, 2.45) is 0 Å². The number of hydrogen-bond donors (Lipinski definition) is 2. The zero-order valence-corrected chi connectivity index (χ0v) is 9.38. The van der Waals surface area contributed by atoms with Gasteiger partial charge in [0.05, 0.1) is 0 Å². The first-order valence-electron chi connectivity index (χ1n) is 5.56. The average molecular weight is 206 g/mol. The molecule has 1 aromatic rings. The van der Waals surface area contributed by atoms with Crippen LogP contribution in [0.3, 0.4) is 0 Å². The number of rotatable bonds is 4. The maximum Gasteiger partial charge on any atom is 0.131 e. The van der Waals surface area contributed by atoms with Crippen molar-refractivity contribution in [2.75, 3.05) is 17.7 Å². The van der Waals surface area contributed by atoms with E-state index >= 15 is 0 Å². The summed E-state index contributed by atoms with van der Waals surface area (Å²) in [5, 5.41) is 6.54. The highest BCUT2D eigenvalue weighted by Crippen LogP contribution is 2.37. The lowest BCUT2D eigenvalue weighted by Gasteiger charge is -2.42. The van der Waals surface area contributed by atoms with Crippen molar-refractivity contribution in [3.63, 3.8) is 0 Å². The molecule has 1 aliphatic carbocycles. The number of aromatic nitrogens is 2. The summed E-state index contributed by atoms with van der Waals surface area (Å²) >= 11 is 0. The Morgan fingerprint density at radius 2 is 2.07 bits per heavy atom. The molecule has 1 heterocycles. The van der Waals surface area contributed by atoms with Crippen molar-refractivity contribution in [2.45, 2.75) is 38.1 Å². The van der Waals surface area contributed by atoms with Crippen LogP contribution in [0.5, 0.6) is 0 Å². The van der Waals surface area contributed by atoms with Crippen molar-refractivity contribution >= 4 is 11.6 Å². The van der Waals surface area contributed by atoms with E-state index in [0.717, 1.165) is 18.1 Å². The molecule has 0 amide bonds. The lowest BCUT2D eigenvalue weighted by atomic mass is 9.75. The molecule has 1 aromatic heterocycles. The van der Waals surface area contributed by atoms with Gasteiger partial charge in [0.25, 0.3) is 0 Å². The predicted molar refractivity (Wildman–Crippen MR) is 62.1 cm³/mol. The van der Waals surface area contributed by atoms with Crippen molar-refractivity contribution in [1.29, 1.82) is 0 Å². The Balaban J connectivity index is 2.09. The minimum absolute atomic E-state index is 0.291. The lowest BCUT2D eigenvalue weighted by Crippen LogP contribution is -2.44. The van der Waals surface area contributed by atoms with Gasteiger partial charge in [-0.1, -0.05) is 6.92 Å². The highest BCUT2D eigenvalue weighted by molar-refractivity contribution is 5.47. The molecule has 4 nitrogen and oxygen atoms in total. The summed E-state index contributed by atoms with van der Waals surface area (Å²) in [5.41, 5.74) is 0.291. The third-order valence-corrected chi connectivity index (χ3v) is 3.30. The van der Waals surface area contributed by atoms with E-state index in [-0.39, 0.29) is 0 Å². The molecule has 0 saturated heterocycles. The number of nitrogens with one attached hydrogen (secondary N) is 2. The predicted octanol–water partition coefficient (Wildman–Crippen LogP) is 2.26. The van der Waals surface area contributed by atoms with Gasteiger partial charge < -0.3 is 10.6 Å². The SMILES string of the molecule is CCC1(Nc2cc(NC)ncn2)CCC1. The maximum absolute atomic E-state index is 4.24. The Labute approximate surface area is 90.5 Å². The summed E-state index contributed by atoms with van der Waals surface area (Å²) in [6, 6.07) is 1.95. The summed E-state index contributed by atoms with van der Waals surface area (Å²) in [7, 11) is 1.87. The number of hydrogen-bond acceptors (Lipinski definition) is 4. The van der Waals surface area contributed by atoms with Crippen LogP contribution in [-0.4, -0.2) is 22.6 Å². The molecule has 0 radical (unpaired) electrons. The monoisotopic (exact) mass is 206 g/mol. The quantitative estimate of drug-likeness (QED) is 0.793. The summed E-state index contributed by atoms with van der Waals surface area (Å²) in [6.45, 7) is 2.23. The highest BCUT2D eigenvalue weighted by atomic mass is 15.1. The van der Waals surface area contributed by atoms with Gasteiger partial charge in [0.15, 0.2) is 0 Å². The standard InChI is InChI=1S/C11H18N4/c1-3-11(5-4-6-11)15-10-7-9(12-2)13-8-14-10/h7-8H,3-6H2,1-2H3,(H2,12,13,14,15). The normalized spacial score (nSPS) is 18.0. The first-order chi connectivity index (χ1) is 7.28. The minimum Gasteiger partial charge on any atom is -0.373 e. The molecule has 2 rings (SSSR count). The molecule has 0 aliphatic heterocycles. The van der Waals surface area contributed by atoms with Gasteiger partial charge in [0.1, 0.15) is 18.0 Å². The van der Waals surface area contributed by atoms with Crippen LogP contribution in [0.1, 0.15) is 32.6 Å². The molecule has 1 saturated carbocycles. The Morgan fingerprint density at radius 1 is 1.33 bits per heavy atom. The minimum atomic E-state index is 0.291. The topological polar surface area (TPSA) is 49.8 Å². The molecule has 0 bridgehead atoms. The molecule has 15 heavy (non-hydrogen) atoms. The van der Waals surface area contributed by atoms with Crippen molar-refractivity contribution < 1.29 is 0 Å². The van der Waals surface area contributed by atoms with E-state index in [0.29, 0.717) is 5.54 Å². The van der Waals surface area contributed by atoms with E-state index in [9.17, 15) is 0 Å². The fraction of sp³-hybridized carbons (Fsp3) is 0.636. The first kappa shape index (κ1) is 10.2. The smallest absolute Gasteiger partial charge is 0.131 e. The van der Waals surface area contributed by atoms with Crippen LogP contribution in [0.4, 0.5) is 11.6 Å². The molecule has 0 spiro atoms. The largest absolute Gasteiger partial charge is 0.373 e. The van der Waals surface area contributed by atoms with E-state index in [1.807, 2.05) is 13.1 Å². The summed E-state index contributed by atoms with van der Waals surface area (Å²) in [5.74, 6) is 1.79. The van der Waals surface area contributed by atoms with E-state index in [1.165, 1.54) is 19.3 Å². The van der Waals surface area contributed by atoms with Crippen LogP contribution in [-0.2, 0) is 0 Å². The Bertz CT molecular complexity index is 328. The molecular weight excluding hydrogens is 188 g/mol. The van der Waals surface area contributed by atoms with Gasteiger partial charge in [-0.25, -0.2) is 9.97 Å². The number of anilines is 2.